The zero-order valence-electron chi connectivity index (χ0n) is 8.20. The van der Waals surface area contributed by atoms with Crippen LogP contribution < -0.4 is 5.56 Å². The maximum atomic E-state index is 11.7. The van der Waals surface area contributed by atoms with Crippen LogP contribution in [0.15, 0.2) is 11.1 Å². The molecule has 14 heavy (non-hydrogen) atoms. The summed E-state index contributed by atoms with van der Waals surface area (Å²) in [4.78, 5) is 15.8. The lowest BCUT2D eigenvalue weighted by Crippen LogP contribution is -2.27. The average Bonchev–Trinajstić information content (AvgIpc) is 2.19. The van der Waals surface area contributed by atoms with Crippen LogP contribution in [0.1, 0.15) is 12.6 Å². The van der Waals surface area contributed by atoms with E-state index in [1.165, 1.54) is 10.9 Å². The van der Waals surface area contributed by atoms with E-state index in [9.17, 15) is 4.79 Å². The predicted octanol–water partition coefficient (Wildman–Crippen LogP) is 0.785. The molecule has 78 valence electrons. The fourth-order valence-corrected chi connectivity index (χ4v) is 1.52. The molecule has 0 saturated heterocycles. The van der Waals surface area contributed by atoms with Gasteiger partial charge in [0, 0.05) is 13.2 Å². The Morgan fingerprint density at radius 3 is 2.93 bits per heavy atom. The maximum Gasteiger partial charge on any atom is 0.267 e. The monoisotopic (exact) mass is 308 g/mol. The van der Waals surface area contributed by atoms with Crippen molar-refractivity contribution in [2.24, 2.45) is 5.92 Å². The number of halogens is 1. The van der Waals surface area contributed by atoms with Crippen molar-refractivity contribution in [2.75, 3.05) is 6.61 Å². The molecule has 1 unspecified atom stereocenters. The van der Waals surface area contributed by atoms with Crippen LogP contribution in [0.4, 0.5) is 0 Å². The highest BCUT2D eigenvalue weighted by Gasteiger charge is 2.07. The van der Waals surface area contributed by atoms with E-state index >= 15 is 0 Å². The Morgan fingerprint density at radius 1 is 1.71 bits per heavy atom. The van der Waals surface area contributed by atoms with Gasteiger partial charge in [-0.3, -0.25) is 9.36 Å². The summed E-state index contributed by atoms with van der Waals surface area (Å²) in [5.41, 5.74) is 0.724. The van der Waals surface area contributed by atoms with Crippen LogP contribution >= 0.6 is 22.6 Å². The van der Waals surface area contributed by atoms with Crippen molar-refractivity contribution in [1.29, 1.82) is 0 Å². The maximum absolute atomic E-state index is 11.7. The number of hydrogen-bond acceptors (Lipinski definition) is 3. The van der Waals surface area contributed by atoms with Gasteiger partial charge in [0.2, 0.25) is 0 Å². The minimum absolute atomic E-state index is 0.0293. The molecule has 0 spiro atoms. The van der Waals surface area contributed by atoms with Gasteiger partial charge in [0.25, 0.3) is 5.56 Å². The van der Waals surface area contributed by atoms with E-state index in [0.717, 1.165) is 5.69 Å². The van der Waals surface area contributed by atoms with Gasteiger partial charge < -0.3 is 5.11 Å². The number of aliphatic hydroxyl groups excluding tert-OH is 1. The molecule has 0 bridgehead atoms. The fraction of sp³-hybridized carbons (Fsp3) is 0.556. The fourth-order valence-electron chi connectivity index (χ4n) is 1.07. The molecule has 0 radical (unpaired) electrons. The van der Waals surface area contributed by atoms with Gasteiger partial charge in [-0.2, -0.15) is 0 Å². The predicted molar refractivity (Wildman–Crippen MR) is 62.2 cm³/mol. The molecule has 1 heterocycles. The zero-order chi connectivity index (χ0) is 10.7. The molecule has 1 rings (SSSR count). The largest absolute Gasteiger partial charge is 0.396 e. The second-order valence-corrected chi connectivity index (χ2v) is 4.47. The van der Waals surface area contributed by atoms with Crippen LogP contribution in [0.3, 0.4) is 0 Å². The summed E-state index contributed by atoms with van der Waals surface area (Å²) in [6.07, 6.45) is 1.53. The smallest absolute Gasteiger partial charge is 0.267 e. The highest BCUT2D eigenvalue weighted by atomic mass is 127. The van der Waals surface area contributed by atoms with Crippen LogP contribution in [-0.2, 0) is 6.54 Å². The van der Waals surface area contributed by atoms with Crippen LogP contribution in [0.5, 0.6) is 0 Å². The van der Waals surface area contributed by atoms with Gasteiger partial charge in [-0.25, -0.2) is 4.98 Å². The molecule has 1 N–H and O–H groups in total. The lowest BCUT2D eigenvalue weighted by Gasteiger charge is -2.10. The zero-order valence-corrected chi connectivity index (χ0v) is 10.4. The Morgan fingerprint density at radius 2 is 2.36 bits per heavy atom. The van der Waals surface area contributed by atoms with E-state index in [0.29, 0.717) is 10.1 Å². The summed E-state index contributed by atoms with van der Waals surface area (Å²) >= 11 is 2.00. The van der Waals surface area contributed by atoms with Gasteiger partial charge in [-0.1, -0.05) is 6.92 Å². The van der Waals surface area contributed by atoms with Gasteiger partial charge in [0.05, 0.1) is 15.6 Å². The molecule has 0 aromatic carbocycles. The molecule has 0 aliphatic heterocycles. The average molecular weight is 308 g/mol. The van der Waals surface area contributed by atoms with E-state index in [2.05, 4.69) is 4.98 Å². The third-order valence-electron chi connectivity index (χ3n) is 1.98. The molecule has 0 aliphatic rings. The van der Waals surface area contributed by atoms with Crippen molar-refractivity contribution in [1.82, 2.24) is 9.55 Å². The first-order valence-electron chi connectivity index (χ1n) is 4.38. The quantitative estimate of drug-likeness (QED) is 0.840. The number of aliphatic hydroxyl groups is 1. The molecule has 0 amide bonds. The number of hydrogen-bond donors (Lipinski definition) is 1. The van der Waals surface area contributed by atoms with Crippen LogP contribution in [0.25, 0.3) is 0 Å². The van der Waals surface area contributed by atoms with Gasteiger partial charge >= 0.3 is 0 Å². The second kappa shape index (κ2) is 4.88. The molecule has 0 aliphatic carbocycles. The first-order valence-corrected chi connectivity index (χ1v) is 5.46. The van der Waals surface area contributed by atoms with Crippen molar-refractivity contribution in [2.45, 2.75) is 20.4 Å². The second-order valence-electron chi connectivity index (χ2n) is 3.39. The van der Waals surface area contributed by atoms with Crippen LogP contribution in [0.2, 0.25) is 0 Å². The Bertz CT molecular complexity index is 376. The number of nitrogens with zero attached hydrogens (tertiary/aromatic N) is 2. The lowest BCUT2D eigenvalue weighted by molar-refractivity contribution is 0.221. The molecular weight excluding hydrogens is 295 g/mol. The van der Waals surface area contributed by atoms with Gasteiger partial charge in [-0.15, -0.1) is 0 Å². The van der Waals surface area contributed by atoms with Gasteiger partial charge in [0.1, 0.15) is 0 Å². The molecule has 1 aromatic rings. The standard InChI is InChI=1S/C9H13IN2O2/c1-6(4-13)3-12-5-11-7(2)8(10)9(12)14/h5-6,13H,3-4H2,1-2H3. The van der Waals surface area contributed by atoms with E-state index < -0.39 is 0 Å². The minimum atomic E-state index is -0.0293. The lowest BCUT2D eigenvalue weighted by atomic mass is 10.2. The molecule has 0 saturated carbocycles. The summed E-state index contributed by atoms with van der Waals surface area (Å²) in [6, 6.07) is 0. The number of rotatable bonds is 3. The van der Waals surface area contributed by atoms with Crippen molar-refractivity contribution in [3.8, 4) is 0 Å². The number of aromatic nitrogens is 2. The normalized spacial score (nSPS) is 12.9. The van der Waals surface area contributed by atoms with Crippen LogP contribution in [0, 0.1) is 16.4 Å². The van der Waals surface area contributed by atoms with E-state index in [4.69, 9.17) is 5.11 Å². The highest BCUT2D eigenvalue weighted by molar-refractivity contribution is 14.1. The summed E-state index contributed by atoms with van der Waals surface area (Å²) in [5.74, 6) is 0.0769. The minimum Gasteiger partial charge on any atom is -0.396 e. The number of aryl methyl sites for hydroxylation is 1. The summed E-state index contributed by atoms with van der Waals surface area (Å²) in [5, 5.41) is 8.87. The molecule has 5 heteroatoms. The summed E-state index contributed by atoms with van der Waals surface area (Å²) < 4.78 is 2.19. The van der Waals surface area contributed by atoms with Crippen LogP contribution in [-0.4, -0.2) is 21.3 Å². The molecule has 1 atom stereocenters. The van der Waals surface area contributed by atoms with Crippen molar-refractivity contribution in [3.63, 3.8) is 0 Å². The third-order valence-corrected chi connectivity index (χ3v) is 3.22. The Kier molecular flexibility index (Phi) is 4.06. The Balaban J connectivity index is 3.00. The molecule has 1 aromatic heterocycles. The summed E-state index contributed by atoms with van der Waals surface area (Å²) in [6.45, 7) is 4.29. The molecular formula is C9H13IN2O2. The first-order chi connectivity index (χ1) is 6.56. The first kappa shape index (κ1) is 11.6. The Hall–Kier alpha value is -0.430. The van der Waals surface area contributed by atoms with Gasteiger partial charge in [0.15, 0.2) is 0 Å². The van der Waals surface area contributed by atoms with E-state index in [-0.39, 0.29) is 18.1 Å². The van der Waals surface area contributed by atoms with E-state index in [1.54, 1.807) is 0 Å². The van der Waals surface area contributed by atoms with Crippen molar-refractivity contribution in [3.05, 3.63) is 25.9 Å². The van der Waals surface area contributed by atoms with Gasteiger partial charge in [-0.05, 0) is 35.4 Å². The topological polar surface area (TPSA) is 55.1 Å². The van der Waals surface area contributed by atoms with Crippen molar-refractivity contribution < 1.29 is 5.11 Å². The molecule has 0 fully saturated rings. The van der Waals surface area contributed by atoms with Crippen molar-refractivity contribution >= 4 is 22.6 Å². The molecule has 4 nitrogen and oxygen atoms in total. The van der Waals surface area contributed by atoms with E-state index in [1.807, 2.05) is 36.4 Å². The highest BCUT2D eigenvalue weighted by Crippen LogP contribution is 2.03. The summed E-state index contributed by atoms with van der Waals surface area (Å²) in [7, 11) is 0. The SMILES string of the molecule is Cc1ncn(CC(C)CO)c(=O)c1I. The third kappa shape index (κ3) is 2.54. The Labute approximate surface area is 96.1 Å².